The second-order valence-corrected chi connectivity index (χ2v) is 6.54. The summed E-state index contributed by atoms with van der Waals surface area (Å²) in [5, 5.41) is 13.7. The van der Waals surface area contributed by atoms with E-state index in [1.54, 1.807) is 0 Å². The Morgan fingerprint density at radius 2 is 1.67 bits per heavy atom. The van der Waals surface area contributed by atoms with Gasteiger partial charge in [0.2, 0.25) is 0 Å². The minimum atomic E-state index is -0.0546. The summed E-state index contributed by atoms with van der Waals surface area (Å²) in [5.41, 5.74) is 0. The van der Waals surface area contributed by atoms with Gasteiger partial charge in [-0.05, 0) is 57.5 Å². The molecule has 3 rings (SSSR count). The smallest absolute Gasteiger partial charge is 0.0695 e. The Balaban J connectivity index is 1.59. The van der Waals surface area contributed by atoms with E-state index in [4.69, 9.17) is 0 Å². The molecule has 1 aliphatic heterocycles. The van der Waals surface area contributed by atoms with Crippen LogP contribution in [0, 0.1) is 5.92 Å². The van der Waals surface area contributed by atoms with E-state index in [9.17, 15) is 5.11 Å². The minimum Gasteiger partial charge on any atom is -0.391 e. The molecule has 2 atom stereocenters. The number of rotatable bonds is 4. The van der Waals surface area contributed by atoms with Crippen LogP contribution in [0.15, 0.2) is 0 Å². The number of aliphatic hydroxyl groups is 1. The number of hydrogen-bond donors (Lipinski definition) is 2. The summed E-state index contributed by atoms with van der Waals surface area (Å²) in [5.74, 6) is 0.862. The Labute approximate surface area is 111 Å². The molecule has 0 aromatic heterocycles. The highest BCUT2D eigenvalue weighted by molar-refractivity contribution is 4.94. The molecule has 104 valence electrons. The van der Waals surface area contributed by atoms with Crippen molar-refractivity contribution >= 4 is 0 Å². The fraction of sp³-hybridized carbons (Fsp3) is 1.00. The van der Waals surface area contributed by atoms with Crippen molar-refractivity contribution < 1.29 is 5.11 Å². The number of nitrogens with one attached hydrogen (secondary N) is 1. The van der Waals surface area contributed by atoms with Crippen LogP contribution >= 0.6 is 0 Å². The van der Waals surface area contributed by atoms with Crippen LogP contribution in [0.1, 0.15) is 51.4 Å². The molecular weight excluding hydrogens is 224 g/mol. The summed E-state index contributed by atoms with van der Waals surface area (Å²) in [6, 6.07) is 1.28. The van der Waals surface area contributed by atoms with Crippen LogP contribution < -0.4 is 5.32 Å². The number of piperidine rings is 1. The fourth-order valence-corrected chi connectivity index (χ4v) is 3.80. The summed E-state index contributed by atoms with van der Waals surface area (Å²) in [4.78, 5) is 2.69. The van der Waals surface area contributed by atoms with Crippen molar-refractivity contribution in [2.75, 3.05) is 19.6 Å². The first-order valence-corrected chi connectivity index (χ1v) is 7.99. The number of hydrogen-bond acceptors (Lipinski definition) is 3. The standard InChI is InChI=1S/C15H28N2O/c18-15-4-2-1-3-14(15)17(13-5-6-13)11-12-7-9-16-10-8-12/h12-16,18H,1-11H2. The van der Waals surface area contributed by atoms with Gasteiger partial charge in [0, 0.05) is 18.6 Å². The highest BCUT2D eigenvalue weighted by Crippen LogP contribution is 2.35. The highest BCUT2D eigenvalue weighted by Gasteiger charge is 2.38. The van der Waals surface area contributed by atoms with Crippen LogP contribution in [0.2, 0.25) is 0 Å². The topological polar surface area (TPSA) is 35.5 Å². The Bertz CT molecular complexity index is 261. The molecule has 0 amide bonds. The van der Waals surface area contributed by atoms with Gasteiger partial charge in [-0.1, -0.05) is 12.8 Å². The molecule has 3 heteroatoms. The monoisotopic (exact) mass is 252 g/mol. The van der Waals surface area contributed by atoms with Crippen molar-refractivity contribution in [3.05, 3.63) is 0 Å². The Hall–Kier alpha value is -0.120. The first-order valence-electron chi connectivity index (χ1n) is 7.99. The molecule has 0 aromatic rings. The molecule has 0 aromatic carbocycles. The van der Waals surface area contributed by atoms with Crippen molar-refractivity contribution in [2.45, 2.75) is 69.6 Å². The van der Waals surface area contributed by atoms with Gasteiger partial charge in [-0.3, -0.25) is 4.90 Å². The summed E-state index contributed by atoms with van der Waals surface area (Å²) < 4.78 is 0. The third kappa shape index (κ3) is 3.06. The van der Waals surface area contributed by atoms with Gasteiger partial charge in [0.25, 0.3) is 0 Å². The summed E-state index contributed by atoms with van der Waals surface area (Å²) >= 11 is 0. The van der Waals surface area contributed by atoms with Crippen molar-refractivity contribution in [3.63, 3.8) is 0 Å². The van der Waals surface area contributed by atoms with E-state index in [1.807, 2.05) is 0 Å². The molecular formula is C15H28N2O. The van der Waals surface area contributed by atoms with Gasteiger partial charge in [0.1, 0.15) is 0 Å². The van der Waals surface area contributed by atoms with Crippen molar-refractivity contribution in [1.29, 1.82) is 0 Å². The maximum Gasteiger partial charge on any atom is 0.0695 e. The lowest BCUT2D eigenvalue weighted by Crippen LogP contribution is -2.49. The highest BCUT2D eigenvalue weighted by atomic mass is 16.3. The van der Waals surface area contributed by atoms with E-state index in [-0.39, 0.29) is 6.10 Å². The van der Waals surface area contributed by atoms with Gasteiger partial charge < -0.3 is 10.4 Å². The molecule has 1 heterocycles. The SMILES string of the molecule is OC1CCCCC1N(CC1CCNCC1)C1CC1. The van der Waals surface area contributed by atoms with Crippen LogP contribution in [0.25, 0.3) is 0 Å². The molecule has 1 saturated heterocycles. The van der Waals surface area contributed by atoms with Gasteiger partial charge in [0.15, 0.2) is 0 Å². The molecule has 3 aliphatic rings. The second kappa shape index (κ2) is 5.89. The molecule has 0 bridgehead atoms. The Morgan fingerprint density at radius 1 is 0.944 bits per heavy atom. The van der Waals surface area contributed by atoms with Gasteiger partial charge in [-0.2, -0.15) is 0 Å². The zero-order chi connectivity index (χ0) is 12.4. The summed E-state index contributed by atoms with van der Waals surface area (Å²) in [6.45, 7) is 3.63. The van der Waals surface area contributed by atoms with Crippen LogP contribution in [0.3, 0.4) is 0 Å². The van der Waals surface area contributed by atoms with E-state index in [2.05, 4.69) is 10.2 Å². The first-order chi connectivity index (χ1) is 8.84. The molecule has 3 nitrogen and oxygen atoms in total. The van der Waals surface area contributed by atoms with Gasteiger partial charge in [-0.15, -0.1) is 0 Å². The molecule has 0 spiro atoms. The van der Waals surface area contributed by atoms with E-state index >= 15 is 0 Å². The van der Waals surface area contributed by atoms with E-state index in [1.165, 1.54) is 64.6 Å². The van der Waals surface area contributed by atoms with Crippen LogP contribution in [-0.2, 0) is 0 Å². The number of nitrogens with zero attached hydrogens (tertiary/aromatic N) is 1. The third-order valence-electron chi connectivity index (χ3n) is 5.06. The molecule has 2 N–H and O–H groups in total. The van der Waals surface area contributed by atoms with E-state index in [0.717, 1.165) is 18.4 Å². The van der Waals surface area contributed by atoms with Crippen LogP contribution in [0.4, 0.5) is 0 Å². The maximum absolute atomic E-state index is 10.3. The van der Waals surface area contributed by atoms with Gasteiger partial charge >= 0.3 is 0 Å². The first kappa shape index (κ1) is 12.9. The van der Waals surface area contributed by atoms with Crippen LogP contribution in [0.5, 0.6) is 0 Å². The average Bonchev–Trinajstić information content (AvgIpc) is 3.23. The molecule has 0 radical (unpaired) electrons. The van der Waals surface area contributed by atoms with Gasteiger partial charge in [-0.25, -0.2) is 0 Å². The van der Waals surface area contributed by atoms with Crippen molar-refractivity contribution in [1.82, 2.24) is 10.2 Å². The summed E-state index contributed by atoms with van der Waals surface area (Å²) in [6.07, 6.45) is 10.1. The lowest BCUT2D eigenvalue weighted by Gasteiger charge is -2.40. The Morgan fingerprint density at radius 3 is 2.33 bits per heavy atom. The lowest BCUT2D eigenvalue weighted by atomic mass is 9.89. The molecule has 2 aliphatic carbocycles. The zero-order valence-electron chi connectivity index (χ0n) is 11.5. The molecule has 18 heavy (non-hydrogen) atoms. The average molecular weight is 252 g/mol. The second-order valence-electron chi connectivity index (χ2n) is 6.54. The zero-order valence-corrected chi connectivity index (χ0v) is 11.5. The quantitative estimate of drug-likeness (QED) is 0.800. The molecule has 2 saturated carbocycles. The number of aliphatic hydroxyl groups excluding tert-OH is 1. The molecule has 3 fully saturated rings. The molecule has 2 unspecified atom stereocenters. The van der Waals surface area contributed by atoms with Crippen molar-refractivity contribution in [3.8, 4) is 0 Å². The third-order valence-corrected chi connectivity index (χ3v) is 5.06. The van der Waals surface area contributed by atoms with Crippen LogP contribution in [-0.4, -0.2) is 47.8 Å². The maximum atomic E-state index is 10.3. The predicted octanol–water partition coefficient (Wildman–Crippen LogP) is 1.75. The van der Waals surface area contributed by atoms with Crippen molar-refractivity contribution in [2.24, 2.45) is 5.92 Å². The lowest BCUT2D eigenvalue weighted by molar-refractivity contribution is 0.00584. The van der Waals surface area contributed by atoms with E-state index in [0.29, 0.717) is 6.04 Å². The Kier molecular flexibility index (Phi) is 4.22. The van der Waals surface area contributed by atoms with Gasteiger partial charge in [0.05, 0.1) is 6.10 Å². The minimum absolute atomic E-state index is 0.0546. The normalized spacial score (nSPS) is 35.0. The fourth-order valence-electron chi connectivity index (χ4n) is 3.80. The predicted molar refractivity (Wildman–Crippen MR) is 73.6 cm³/mol. The largest absolute Gasteiger partial charge is 0.391 e. The van der Waals surface area contributed by atoms with E-state index < -0.39 is 0 Å². The summed E-state index contributed by atoms with van der Waals surface area (Å²) in [7, 11) is 0.